The molecule has 0 aromatic heterocycles. The quantitative estimate of drug-likeness (QED) is 0.0384. The van der Waals surface area contributed by atoms with Crippen molar-refractivity contribution in [2.45, 2.75) is 9.79 Å². The van der Waals surface area contributed by atoms with Crippen LogP contribution in [0.2, 0.25) is 0 Å². The van der Waals surface area contributed by atoms with Crippen LogP contribution < -0.4 is 145 Å². The normalized spacial score (nSPS) is 14.1. The molecule has 77 heavy (non-hydrogen) atoms. The molecule has 0 aliphatic heterocycles. The number of anilines is 6. The van der Waals surface area contributed by atoms with Crippen LogP contribution in [0, 0.1) is 0 Å². The van der Waals surface area contributed by atoms with Gasteiger partial charge in [-0.1, -0.05) is 36.4 Å². The van der Waals surface area contributed by atoms with Gasteiger partial charge in [0.1, 0.15) is 51.9 Å². The zero-order valence-corrected chi connectivity index (χ0v) is 51.7. The number of nitrogens with one attached hydrogen (secondary N) is 5. The number of carbonyl (C=O) groups excluding carboxylic acids is 4. The van der Waals surface area contributed by atoms with Crippen LogP contribution in [0.5, 0.6) is 0 Å². The summed E-state index contributed by atoms with van der Waals surface area (Å²) < 4.78 is 147. The zero-order chi connectivity index (χ0) is 52.6. The second kappa shape index (κ2) is 26.2. The molecule has 31 heteroatoms. The van der Waals surface area contributed by atoms with Gasteiger partial charge in [-0.2, -0.15) is 10.2 Å². The van der Waals surface area contributed by atoms with Gasteiger partial charge in [0.2, 0.25) is 11.6 Å². The van der Waals surface area contributed by atoms with E-state index in [9.17, 15) is 71.1 Å². The third kappa shape index (κ3) is 15.4. The molecule has 2 amide bonds. The molecule has 6 aromatic rings. The standard InChI is InChI=1S/C46H33N7O16S4.4Na/c54-43-39-27(19-33(70(58,59)60)23-35(39)48-45(56)25-7-3-1-4-8-25)21-37(72(64,65)66)41(43)52-50-31-15-11-29(12-16-31)47-30-13-17-32(18-14-30)51-53-42-38(73(67,68)69)22-28-20-34(71(61,62)63)24-36(40(28)44(42)55)49-46(57)26-9-5-2-6-10-26;;;;/h1-24,47,50-51H,(H,48,56)(H,49,57)(H,58,59,60)(H,61,62,63)(H,64,65,66)(H,67,68,69);;;;/q;4*+1/p-4/b52-41+,53-42+;;;;. The number of ketones is 2. The number of hydrogen-bond donors (Lipinski definition) is 5. The first-order chi connectivity index (χ1) is 34.3. The summed E-state index contributed by atoms with van der Waals surface area (Å²) in [5.74, 6) is -4.10. The fraction of sp³-hybridized carbons (Fsp3) is 0. The minimum absolute atomic E-state index is 0. The van der Waals surface area contributed by atoms with Gasteiger partial charge in [-0.3, -0.25) is 30.0 Å². The maximum atomic E-state index is 13.9. The summed E-state index contributed by atoms with van der Waals surface area (Å²) in [6.07, 6.45) is 1.31. The largest absolute Gasteiger partial charge is 1.00 e. The Balaban J connectivity index is 0.00000320. The fourth-order valence-corrected chi connectivity index (χ4v) is 9.56. The van der Waals surface area contributed by atoms with E-state index in [2.05, 4.69) is 37.0 Å². The number of benzene rings is 6. The third-order valence-electron chi connectivity index (χ3n) is 10.5. The van der Waals surface area contributed by atoms with E-state index in [-0.39, 0.29) is 141 Å². The molecule has 0 saturated heterocycles. The summed E-state index contributed by atoms with van der Waals surface area (Å²) in [5, 5.41) is 15.6. The van der Waals surface area contributed by atoms with Gasteiger partial charge >= 0.3 is 118 Å². The third-order valence-corrected chi connectivity index (χ3v) is 13.9. The molecule has 2 aliphatic carbocycles. The molecule has 0 atom stereocenters. The molecule has 0 radical (unpaired) electrons. The Bertz CT molecular complexity index is 3690. The van der Waals surface area contributed by atoms with Crippen molar-refractivity contribution in [3.8, 4) is 0 Å². The van der Waals surface area contributed by atoms with E-state index >= 15 is 0 Å². The molecule has 5 N–H and O–H groups in total. The summed E-state index contributed by atoms with van der Waals surface area (Å²) in [6, 6.07) is 29.5. The first kappa shape index (κ1) is 65.0. The number of hydrogen-bond acceptors (Lipinski definition) is 21. The van der Waals surface area contributed by atoms with Gasteiger partial charge in [-0.25, -0.2) is 33.7 Å². The van der Waals surface area contributed by atoms with Crippen LogP contribution in [-0.4, -0.2) is 86.7 Å². The van der Waals surface area contributed by atoms with Gasteiger partial charge in [0.15, 0.2) is 0 Å². The maximum absolute atomic E-state index is 13.9. The van der Waals surface area contributed by atoms with Gasteiger partial charge in [0, 0.05) is 22.5 Å². The molecular formula is C46H29N7Na4O16S4. The van der Waals surface area contributed by atoms with Crippen LogP contribution in [0.4, 0.5) is 34.1 Å². The number of hydrazone groups is 2. The van der Waals surface area contributed by atoms with Crippen LogP contribution in [0.3, 0.4) is 0 Å². The van der Waals surface area contributed by atoms with Crippen LogP contribution >= 0.6 is 0 Å². The van der Waals surface area contributed by atoms with Crippen LogP contribution in [0.25, 0.3) is 12.2 Å². The SMILES string of the molecule is O=C(Nc1cc(S(=O)(=O)[O-])cc2c1C(=O)/C(=N/Nc1ccc(Nc3ccc(N/N=C4/C(=O)c5c(cc(S(=O)(=O)[O-])cc5NC(=O)c5ccccc5)C=C4S(=O)(=O)[O-])cc3)cc1)C(S(=O)(=O)[O-])=C2)c1ccccc1.[Na+].[Na+].[Na+].[Na+]. The Kier molecular flexibility index (Phi) is 22.1. The molecule has 0 unspecified atom stereocenters. The predicted octanol–water partition coefficient (Wildman–Crippen LogP) is -7.14. The molecule has 372 valence electrons. The Morgan fingerprint density at radius 2 is 0.727 bits per heavy atom. The molecule has 8 rings (SSSR count). The van der Waals surface area contributed by atoms with E-state index < -0.39 is 129 Å². The van der Waals surface area contributed by atoms with E-state index in [0.717, 1.165) is 12.1 Å². The number of allylic oxidation sites excluding steroid dienone is 2. The van der Waals surface area contributed by atoms with E-state index in [1.165, 1.54) is 97.1 Å². The molecule has 0 bridgehead atoms. The van der Waals surface area contributed by atoms with Crippen molar-refractivity contribution in [2.24, 2.45) is 10.2 Å². The number of amides is 2. The Labute approximate surface area is 527 Å². The minimum Gasteiger partial charge on any atom is -0.744 e. The summed E-state index contributed by atoms with van der Waals surface area (Å²) in [7, 11) is -21.5. The Hall–Kier alpha value is -4.54. The number of rotatable bonds is 14. The van der Waals surface area contributed by atoms with Crippen molar-refractivity contribution in [3.05, 3.63) is 177 Å². The number of carbonyl (C=O) groups is 4. The van der Waals surface area contributed by atoms with Gasteiger partial charge in [0.25, 0.3) is 11.8 Å². The molecule has 0 fully saturated rings. The van der Waals surface area contributed by atoms with E-state index in [1.54, 1.807) is 12.1 Å². The van der Waals surface area contributed by atoms with E-state index in [4.69, 9.17) is 0 Å². The molecule has 6 aromatic carbocycles. The average Bonchev–Trinajstić information content (AvgIpc) is 3.33. The molecular weight excluding hydrogens is 1130 g/mol. The van der Waals surface area contributed by atoms with Crippen molar-refractivity contribution in [3.63, 3.8) is 0 Å². The second-order valence-electron chi connectivity index (χ2n) is 15.4. The molecule has 23 nitrogen and oxygen atoms in total. The molecule has 0 saturated carbocycles. The molecule has 2 aliphatic rings. The van der Waals surface area contributed by atoms with Gasteiger partial charge in [-0.15, -0.1) is 0 Å². The van der Waals surface area contributed by atoms with Gasteiger partial charge < -0.3 is 34.2 Å². The van der Waals surface area contributed by atoms with Gasteiger partial charge in [0.05, 0.1) is 53.5 Å². The Morgan fingerprint density at radius 3 is 1.03 bits per heavy atom. The smallest absolute Gasteiger partial charge is 0.744 e. The van der Waals surface area contributed by atoms with Crippen LogP contribution in [0.1, 0.15) is 52.6 Å². The molecule has 0 spiro atoms. The predicted molar refractivity (Wildman–Crippen MR) is 260 cm³/mol. The van der Waals surface area contributed by atoms with Crippen LogP contribution in [0.15, 0.2) is 163 Å². The van der Waals surface area contributed by atoms with Crippen molar-refractivity contribution in [1.82, 2.24) is 0 Å². The van der Waals surface area contributed by atoms with Crippen molar-refractivity contribution in [2.75, 3.05) is 26.8 Å². The summed E-state index contributed by atoms with van der Waals surface area (Å²) in [5.41, 5.74) is 1.58. The Morgan fingerprint density at radius 1 is 0.416 bits per heavy atom. The molecule has 0 heterocycles. The summed E-state index contributed by atoms with van der Waals surface area (Å²) in [4.78, 5) is 49.8. The van der Waals surface area contributed by atoms with Crippen molar-refractivity contribution < 1.29 is 189 Å². The maximum Gasteiger partial charge on any atom is 1.00 e. The monoisotopic (exact) mass is 1160 g/mol. The fourth-order valence-electron chi connectivity index (χ4n) is 7.20. The minimum atomic E-state index is -5.49. The first-order valence-electron chi connectivity index (χ1n) is 20.5. The average molecular weight is 1160 g/mol. The second-order valence-corrected chi connectivity index (χ2v) is 20.9. The summed E-state index contributed by atoms with van der Waals surface area (Å²) in [6.45, 7) is 0. The van der Waals surface area contributed by atoms with E-state index in [0.29, 0.717) is 35.7 Å². The zero-order valence-electron chi connectivity index (χ0n) is 40.4. The number of Topliss-reactive ketones (excluding diaryl/α,β-unsaturated/α-hetero) is 2. The van der Waals surface area contributed by atoms with Crippen LogP contribution in [-0.2, 0) is 40.5 Å². The van der Waals surface area contributed by atoms with Crippen molar-refractivity contribution >= 4 is 122 Å². The van der Waals surface area contributed by atoms with E-state index in [1.807, 2.05) is 0 Å². The number of fused-ring (bicyclic) bond motifs is 2. The number of nitrogens with zero attached hydrogens (tertiary/aromatic N) is 2. The van der Waals surface area contributed by atoms with Crippen molar-refractivity contribution in [1.29, 1.82) is 0 Å². The van der Waals surface area contributed by atoms with Gasteiger partial charge in [-0.05, 0) is 120 Å². The topological polar surface area (TPSA) is 382 Å². The first-order valence-corrected chi connectivity index (χ1v) is 26.1. The summed E-state index contributed by atoms with van der Waals surface area (Å²) >= 11 is 0.